The van der Waals surface area contributed by atoms with Crippen LogP contribution in [0.5, 0.6) is 5.75 Å². The molecule has 124 valence electrons. The summed E-state index contributed by atoms with van der Waals surface area (Å²) in [5.41, 5.74) is -1.66. The van der Waals surface area contributed by atoms with Gasteiger partial charge in [-0.3, -0.25) is 19.2 Å². The van der Waals surface area contributed by atoms with Crippen LogP contribution in [0.25, 0.3) is 0 Å². The lowest BCUT2D eigenvalue weighted by atomic mass is 10.3. The molecule has 0 amide bonds. The second-order valence-corrected chi connectivity index (χ2v) is 8.08. The van der Waals surface area contributed by atoms with E-state index in [1.54, 1.807) is 0 Å². The quantitative estimate of drug-likeness (QED) is 0.303. The maximum absolute atomic E-state index is 11.2. The topological polar surface area (TPSA) is 167 Å². The lowest BCUT2D eigenvalue weighted by molar-refractivity contribution is -0.384. The lowest BCUT2D eigenvalue weighted by Crippen LogP contribution is -2.18. The Morgan fingerprint density at radius 3 is 2.09 bits per heavy atom. The normalized spacial score (nSPS) is 13.6. The van der Waals surface area contributed by atoms with Gasteiger partial charge in [0, 0.05) is 12.1 Å². The van der Waals surface area contributed by atoms with Gasteiger partial charge < -0.3 is 24.3 Å². The predicted octanol–water partition coefficient (Wildman–Crippen LogP) is 1.09. The number of non-ortho nitro benzene ring substituents is 1. The predicted molar refractivity (Wildman–Crippen MR) is 76.0 cm³/mol. The minimum absolute atomic E-state index is 0.137. The van der Waals surface area contributed by atoms with Gasteiger partial charge in [0.15, 0.2) is 0 Å². The third kappa shape index (κ3) is 6.65. The summed E-state index contributed by atoms with van der Waals surface area (Å²) in [6, 6.07) is 5.03. The Bertz CT molecular complexity index is 605. The third-order valence-corrected chi connectivity index (χ3v) is 5.29. The maximum Gasteiger partial charge on any atom is 0.329 e. The molecule has 1 rings (SSSR count). The van der Waals surface area contributed by atoms with Crippen LogP contribution in [-0.4, -0.2) is 42.9 Å². The Hall–Kier alpha value is -1.28. The van der Waals surface area contributed by atoms with Crippen LogP contribution in [0.1, 0.15) is 6.42 Å². The van der Waals surface area contributed by atoms with Crippen molar-refractivity contribution in [2.45, 2.75) is 12.1 Å². The zero-order valence-corrected chi connectivity index (χ0v) is 13.0. The highest BCUT2D eigenvalue weighted by atomic mass is 31.2. The van der Waals surface area contributed by atoms with Crippen LogP contribution < -0.4 is 4.74 Å². The van der Waals surface area contributed by atoms with E-state index in [-0.39, 0.29) is 24.5 Å². The van der Waals surface area contributed by atoms with Gasteiger partial charge in [-0.15, -0.1) is 0 Å². The summed E-state index contributed by atoms with van der Waals surface area (Å²) in [6.45, 7) is -0.201. The molecule has 0 aliphatic carbocycles. The van der Waals surface area contributed by atoms with Crippen molar-refractivity contribution >= 4 is 20.9 Å². The van der Waals surface area contributed by atoms with E-state index in [2.05, 4.69) is 0 Å². The maximum atomic E-state index is 11.2. The zero-order chi connectivity index (χ0) is 17.0. The highest BCUT2D eigenvalue weighted by Crippen LogP contribution is 2.50. The monoisotopic (exact) mass is 355 g/mol. The standard InChI is InChI=1S/C10H15NO9P2/c12-11(13)8-1-3-9(4-2-8)20-6-5-10(22(17,18)19)7-21(14,15)16/h1-4,10H,5-7H2,(H2,14,15,16)(H2,17,18,19). The Kier molecular flexibility index (Phi) is 6.25. The molecule has 12 heteroatoms. The molecule has 0 saturated carbocycles. The van der Waals surface area contributed by atoms with Crippen molar-refractivity contribution in [3.05, 3.63) is 34.4 Å². The first-order chi connectivity index (χ1) is 9.99. The number of nitrogens with zero attached hydrogens (tertiary/aromatic N) is 1. The Morgan fingerprint density at radius 1 is 1.14 bits per heavy atom. The molecule has 1 aromatic carbocycles. The summed E-state index contributed by atoms with van der Waals surface area (Å²) in [7, 11) is -9.25. The summed E-state index contributed by atoms with van der Waals surface area (Å²) < 4.78 is 27.2. The number of nitro groups is 1. The van der Waals surface area contributed by atoms with E-state index in [4.69, 9.17) is 24.3 Å². The van der Waals surface area contributed by atoms with Gasteiger partial charge in [0.2, 0.25) is 0 Å². The van der Waals surface area contributed by atoms with Crippen molar-refractivity contribution in [3.8, 4) is 5.75 Å². The van der Waals surface area contributed by atoms with E-state index >= 15 is 0 Å². The molecule has 0 saturated heterocycles. The number of ether oxygens (including phenoxy) is 1. The van der Waals surface area contributed by atoms with E-state index in [1.807, 2.05) is 0 Å². The summed E-state index contributed by atoms with van der Waals surface area (Å²) in [6.07, 6.45) is -1.22. The smallest absolute Gasteiger partial charge is 0.329 e. The van der Waals surface area contributed by atoms with Crippen molar-refractivity contribution < 1.29 is 38.4 Å². The fourth-order valence-corrected chi connectivity index (χ4v) is 4.28. The van der Waals surface area contributed by atoms with Gasteiger partial charge in [-0.05, 0) is 18.6 Å². The molecule has 10 nitrogen and oxygen atoms in total. The van der Waals surface area contributed by atoms with Crippen LogP contribution in [0.3, 0.4) is 0 Å². The van der Waals surface area contributed by atoms with Gasteiger partial charge in [0.05, 0.1) is 23.4 Å². The molecule has 0 aliphatic heterocycles. The average Bonchev–Trinajstić information content (AvgIpc) is 2.35. The van der Waals surface area contributed by atoms with Crippen LogP contribution in [0.4, 0.5) is 5.69 Å². The Morgan fingerprint density at radius 2 is 1.68 bits per heavy atom. The molecule has 1 aromatic rings. The van der Waals surface area contributed by atoms with Crippen LogP contribution >= 0.6 is 15.2 Å². The van der Waals surface area contributed by atoms with Gasteiger partial charge in [0.25, 0.3) is 5.69 Å². The highest BCUT2D eigenvalue weighted by Gasteiger charge is 2.34. The first-order valence-corrected chi connectivity index (χ1v) is 9.44. The molecule has 0 heterocycles. The van der Waals surface area contributed by atoms with Crippen LogP contribution in [0.15, 0.2) is 24.3 Å². The fraction of sp³-hybridized carbons (Fsp3) is 0.400. The van der Waals surface area contributed by atoms with E-state index in [1.165, 1.54) is 24.3 Å². The number of rotatable bonds is 8. The average molecular weight is 355 g/mol. The highest BCUT2D eigenvalue weighted by molar-refractivity contribution is 7.56. The fourth-order valence-electron chi connectivity index (χ4n) is 1.62. The molecular weight excluding hydrogens is 340 g/mol. The second kappa shape index (κ2) is 7.32. The summed E-state index contributed by atoms with van der Waals surface area (Å²) in [5.74, 6) is 0.242. The SMILES string of the molecule is O=[N+]([O-])c1ccc(OCCC(CP(=O)(O)O)P(=O)(O)O)cc1. The first-order valence-electron chi connectivity index (χ1n) is 5.96. The van der Waals surface area contributed by atoms with E-state index in [0.717, 1.165) is 0 Å². The third-order valence-electron chi connectivity index (χ3n) is 2.69. The Balaban J connectivity index is 2.61. The van der Waals surface area contributed by atoms with E-state index in [9.17, 15) is 19.2 Å². The van der Waals surface area contributed by atoms with Gasteiger partial charge >= 0.3 is 15.2 Å². The number of benzene rings is 1. The number of nitro benzene ring substituents is 1. The van der Waals surface area contributed by atoms with Crippen molar-refractivity contribution in [1.29, 1.82) is 0 Å². The second-order valence-electron chi connectivity index (χ2n) is 4.48. The molecule has 0 radical (unpaired) electrons. The molecule has 0 aliphatic rings. The summed E-state index contributed by atoms with van der Waals surface area (Å²) in [5, 5.41) is 10.5. The van der Waals surface area contributed by atoms with E-state index < -0.39 is 31.9 Å². The molecule has 1 atom stereocenters. The number of hydrogen-bond acceptors (Lipinski definition) is 5. The minimum atomic E-state index is -4.68. The van der Waals surface area contributed by atoms with Gasteiger partial charge in [-0.25, -0.2) is 0 Å². The van der Waals surface area contributed by atoms with Crippen molar-refractivity contribution in [1.82, 2.24) is 0 Å². The molecule has 1 unspecified atom stereocenters. The van der Waals surface area contributed by atoms with Crippen LogP contribution in [-0.2, 0) is 9.13 Å². The molecule has 4 N–H and O–H groups in total. The molecule has 22 heavy (non-hydrogen) atoms. The minimum Gasteiger partial charge on any atom is -0.494 e. The van der Waals surface area contributed by atoms with Gasteiger partial charge in [-0.1, -0.05) is 0 Å². The first kappa shape index (κ1) is 18.8. The van der Waals surface area contributed by atoms with Crippen molar-refractivity contribution in [2.75, 3.05) is 12.8 Å². The summed E-state index contributed by atoms with van der Waals surface area (Å²) >= 11 is 0. The van der Waals surface area contributed by atoms with Crippen molar-refractivity contribution in [3.63, 3.8) is 0 Å². The Labute approximate surface area is 125 Å². The zero-order valence-electron chi connectivity index (χ0n) is 11.2. The van der Waals surface area contributed by atoms with E-state index in [0.29, 0.717) is 0 Å². The van der Waals surface area contributed by atoms with Crippen LogP contribution in [0.2, 0.25) is 0 Å². The van der Waals surface area contributed by atoms with Crippen molar-refractivity contribution in [2.24, 2.45) is 0 Å². The van der Waals surface area contributed by atoms with Gasteiger partial charge in [-0.2, -0.15) is 0 Å². The molecule has 0 spiro atoms. The largest absolute Gasteiger partial charge is 0.494 e. The molecule has 0 aromatic heterocycles. The lowest BCUT2D eigenvalue weighted by Gasteiger charge is -2.19. The molecular formula is C10H15NO9P2. The summed E-state index contributed by atoms with van der Waals surface area (Å²) in [4.78, 5) is 45.6. The van der Waals surface area contributed by atoms with Crippen LogP contribution in [0, 0.1) is 10.1 Å². The number of hydrogen-bond donors (Lipinski definition) is 4. The molecule has 0 fully saturated rings. The molecule has 0 bridgehead atoms. The van der Waals surface area contributed by atoms with Gasteiger partial charge in [0.1, 0.15) is 5.75 Å².